The fourth-order valence-electron chi connectivity index (χ4n) is 2.45. The number of hydrogen-bond acceptors (Lipinski definition) is 3. The number of methoxy groups -OCH3 is 1. The number of hydrogen-bond donors (Lipinski definition) is 1. The van der Waals surface area contributed by atoms with E-state index in [1.807, 2.05) is 12.1 Å². The van der Waals surface area contributed by atoms with E-state index in [-0.39, 0.29) is 6.04 Å². The second-order valence-electron chi connectivity index (χ2n) is 5.18. The molecule has 3 nitrogen and oxygen atoms in total. The zero-order valence-electron chi connectivity index (χ0n) is 12.8. The molecule has 0 bridgehead atoms. The van der Waals surface area contributed by atoms with Crippen LogP contribution in [0.15, 0.2) is 39.6 Å². The molecule has 1 atom stereocenters. The Morgan fingerprint density at radius 2 is 2.14 bits per heavy atom. The molecular weight excluding hydrogens is 330 g/mol. The zero-order chi connectivity index (χ0) is 15.2. The average Bonchev–Trinajstić information content (AvgIpc) is 2.90. The normalized spacial score (nSPS) is 12.4. The summed E-state index contributed by atoms with van der Waals surface area (Å²) in [4.78, 5) is 0. The monoisotopic (exact) mass is 351 g/mol. The molecule has 0 aliphatic heterocycles. The molecule has 2 rings (SSSR count). The molecule has 1 aromatic heterocycles. The van der Waals surface area contributed by atoms with Gasteiger partial charge < -0.3 is 14.5 Å². The largest absolute Gasteiger partial charge is 0.496 e. The summed E-state index contributed by atoms with van der Waals surface area (Å²) >= 11 is 3.48. The van der Waals surface area contributed by atoms with E-state index < -0.39 is 0 Å². The SMILES string of the molecule is CCCNC(Cc1cc(C)ccc1OC)c1ccoc1Br. The first-order valence-electron chi connectivity index (χ1n) is 7.25. The molecule has 4 heteroatoms. The molecule has 1 unspecified atom stereocenters. The van der Waals surface area contributed by atoms with E-state index in [2.05, 4.69) is 47.2 Å². The highest BCUT2D eigenvalue weighted by molar-refractivity contribution is 9.10. The summed E-state index contributed by atoms with van der Waals surface area (Å²) < 4.78 is 11.7. The number of furan rings is 1. The van der Waals surface area contributed by atoms with E-state index >= 15 is 0 Å². The van der Waals surface area contributed by atoms with Crippen LogP contribution in [0.2, 0.25) is 0 Å². The third-order valence-electron chi connectivity index (χ3n) is 3.52. The number of halogens is 1. The van der Waals surface area contributed by atoms with Crippen LogP contribution in [0, 0.1) is 6.92 Å². The van der Waals surface area contributed by atoms with Crippen molar-refractivity contribution < 1.29 is 9.15 Å². The molecule has 1 heterocycles. The minimum absolute atomic E-state index is 0.203. The number of rotatable bonds is 7. The van der Waals surface area contributed by atoms with Crippen LogP contribution in [0.5, 0.6) is 5.75 Å². The lowest BCUT2D eigenvalue weighted by Crippen LogP contribution is -2.24. The van der Waals surface area contributed by atoms with Crippen molar-refractivity contribution in [3.63, 3.8) is 0 Å². The molecule has 0 amide bonds. The maximum Gasteiger partial charge on any atom is 0.173 e. The molecule has 1 aromatic carbocycles. The highest BCUT2D eigenvalue weighted by atomic mass is 79.9. The first-order chi connectivity index (χ1) is 10.2. The van der Waals surface area contributed by atoms with Crippen molar-refractivity contribution in [3.05, 3.63) is 51.9 Å². The third-order valence-corrected chi connectivity index (χ3v) is 4.17. The van der Waals surface area contributed by atoms with Crippen molar-refractivity contribution in [1.29, 1.82) is 0 Å². The maximum atomic E-state index is 5.49. The van der Waals surface area contributed by atoms with E-state index in [1.54, 1.807) is 13.4 Å². The number of nitrogens with one attached hydrogen (secondary N) is 1. The van der Waals surface area contributed by atoms with Gasteiger partial charge in [0.1, 0.15) is 5.75 Å². The maximum absolute atomic E-state index is 5.49. The van der Waals surface area contributed by atoms with Crippen molar-refractivity contribution in [2.24, 2.45) is 0 Å². The van der Waals surface area contributed by atoms with Crippen molar-refractivity contribution >= 4 is 15.9 Å². The first-order valence-corrected chi connectivity index (χ1v) is 8.04. The van der Waals surface area contributed by atoms with Crippen LogP contribution in [-0.2, 0) is 6.42 Å². The van der Waals surface area contributed by atoms with E-state index in [0.29, 0.717) is 0 Å². The molecule has 1 N–H and O–H groups in total. The molecule has 0 spiro atoms. The number of ether oxygens (including phenoxy) is 1. The fraction of sp³-hybridized carbons (Fsp3) is 0.412. The summed E-state index contributed by atoms with van der Waals surface area (Å²) in [5, 5.41) is 3.59. The standard InChI is InChI=1S/C17H22BrNO2/c1-4-8-19-15(14-7-9-21-17(14)18)11-13-10-12(2)5-6-16(13)20-3/h5-7,9-10,15,19H,4,8,11H2,1-3H3. The van der Waals surface area contributed by atoms with Gasteiger partial charge in [0.25, 0.3) is 0 Å². The van der Waals surface area contributed by atoms with Crippen molar-refractivity contribution in [3.8, 4) is 5.75 Å². The van der Waals surface area contributed by atoms with Gasteiger partial charge in [-0.1, -0.05) is 24.6 Å². The summed E-state index contributed by atoms with van der Waals surface area (Å²) in [6, 6.07) is 8.51. The molecular formula is C17H22BrNO2. The van der Waals surface area contributed by atoms with Crippen molar-refractivity contribution in [1.82, 2.24) is 5.32 Å². The van der Waals surface area contributed by atoms with Crippen LogP contribution in [0.1, 0.15) is 36.1 Å². The molecule has 0 fully saturated rings. The molecule has 21 heavy (non-hydrogen) atoms. The van der Waals surface area contributed by atoms with Gasteiger partial charge in [-0.25, -0.2) is 0 Å². The van der Waals surface area contributed by atoms with Gasteiger partial charge in [-0.2, -0.15) is 0 Å². The highest BCUT2D eigenvalue weighted by Crippen LogP contribution is 2.30. The molecule has 0 aliphatic carbocycles. The first kappa shape index (κ1) is 16.1. The van der Waals surface area contributed by atoms with Gasteiger partial charge in [-0.3, -0.25) is 0 Å². The van der Waals surface area contributed by atoms with Gasteiger partial charge in [0.15, 0.2) is 4.67 Å². The van der Waals surface area contributed by atoms with Crippen LogP contribution in [-0.4, -0.2) is 13.7 Å². The molecule has 0 aliphatic rings. The van der Waals surface area contributed by atoms with E-state index in [9.17, 15) is 0 Å². The Hall–Kier alpha value is -1.26. The summed E-state index contributed by atoms with van der Waals surface area (Å²) in [6.07, 6.45) is 3.67. The second kappa shape index (κ2) is 7.66. The quantitative estimate of drug-likeness (QED) is 0.788. The summed E-state index contributed by atoms with van der Waals surface area (Å²) in [6.45, 7) is 5.24. The molecule has 2 aromatic rings. The van der Waals surface area contributed by atoms with Gasteiger partial charge in [0.2, 0.25) is 0 Å². The Morgan fingerprint density at radius 1 is 1.33 bits per heavy atom. The van der Waals surface area contributed by atoms with Gasteiger partial charge in [-0.05, 0) is 59.9 Å². The summed E-state index contributed by atoms with van der Waals surface area (Å²) in [5.41, 5.74) is 3.59. The fourth-order valence-corrected chi connectivity index (χ4v) is 2.97. The average molecular weight is 352 g/mol. The minimum Gasteiger partial charge on any atom is -0.496 e. The van der Waals surface area contributed by atoms with Crippen molar-refractivity contribution in [2.75, 3.05) is 13.7 Å². The number of aryl methyl sites for hydroxylation is 1. The molecule has 114 valence electrons. The lowest BCUT2D eigenvalue weighted by atomic mass is 9.98. The minimum atomic E-state index is 0.203. The summed E-state index contributed by atoms with van der Waals surface area (Å²) in [5.74, 6) is 0.934. The number of benzene rings is 1. The topological polar surface area (TPSA) is 34.4 Å². The molecule has 0 saturated carbocycles. The lowest BCUT2D eigenvalue weighted by molar-refractivity contribution is 0.404. The zero-order valence-corrected chi connectivity index (χ0v) is 14.4. The van der Waals surface area contributed by atoms with Crippen LogP contribution in [0.4, 0.5) is 0 Å². The van der Waals surface area contributed by atoms with E-state index in [0.717, 1.165) is 35.4 Å². The predicted octanol–water partition coefficient (Wildman–Crippen LogP) is 4.64. The van der Waals surface area contributed by atoms with Crippen LogP contribution < -0.4 is 10.1 Å². The smallest absolute Gasteiger partial charge is 0.173 e. The molecule has 0 radical (unpaired) electrons. The van der Waals surface area contributed by atoms with Gasteiger partial charge in [0.05, 0.1) is 13.4 Å². The third kappa shape index (κ3) is 4.11. The lowest BCUT2D eigenvalue weighted by Gasteiger charge is -2.19. The highest BCUT2D eigenvalue weighted by Gasteiger charge is 2.18. The Bertz CT molecular complexity index is 580. The van der Waals surface area contributed by atoms with Gasteiger partial charge in [-0.15, -0.1) is 0 Å². The van der Waals surface area contributed by atoms with Gasteiger partial charge >= 0.3 is 0 Å². The Balaban J connectivity index is 2.26. The van der Waals surface area contributed by atoms with E-state index in [1.165, 1.54) is 11.1 Å². The van der Waals surface area contributed by atoms with Gasteiger partial charge in [0, 0.05) is 11.6 Å². The Labute approximate surface area is 134 Å². The van der Waals surface area contributed by atoms with Crippen molar-refractivity contribution in [2.45, 2.75) is 32.7 Å². The van der Waals surface area contributed by atoms with E-state index in [4.69, 9.17) is 9.15 Å². The van der Waals surface area contributed by atoms with Crippen LogP contribution in [0.3, 0.4) is 0 Å². The van der Waals surface area contributed by atoms with Crippen LogP contribution in [0.25, 0.3) is 0 Å². The summed E-state index contributed by atoms with van der Waals surface area (Å²) in [7, 11) is 1.72. The Morgan fingerprint density at radius 3 is 2.76 bits per heavy atom. The predicted molar refractivity (Wildman–Crippen MR) is 88.9 cm³/mol. The van der Waals surface area contributed by atoms with Crippen LogP contribution >= 0.6 is 15.9 Å². The molecule has 0 saturated heterocycles. The second-order valence-corrected chi connectivity index (χ2v) is 5.90. The Kier molecular flexibility index (Phi) is 5.88.